The van der Waals surface area contributed by atoms with Crippen LogP contribution in [0.4, 0.5) is 0 Å². The van der Waals surface area contributed by atoms with Crippen LogP contribution in [-0.2, 0) is 0 Å². The molecule has 2 unspecified atom stereocenters. The summed E-state index contributed by atoms with van der Waals surface area (Å²) in [6, 6.07) is 12.0. The Kier molecular flexibility index (Phi) is 3.43. The van der Waals surface area contributed by atoms with E-state index in [1.165, 1.54) is 44.3 Å². The normalized spacial score (nSPS) is 28.1. The highest BCUT2D eigenvalue weighted by molar-refractivity contribution is 5.86. The van der Waals surface area contributed by atoms with E-state index in [1.807, 2.05) is 12.1 Å². The van der Waals surface area contributed by atoms with Crippen LogP contribution in [-0.4, -0.2) is 28.5 Å². The molecule has 3 heteroatoms. The van der Waals surface area contributed by atoms with Crippen LogP contribution in [0.1, 0.15) is 56.2 Å². The zero-order chi connectivity index (χ0) is 15.1. The summed E-state index contributed by atoms with van der Waals surface area (Å²) in [6.45, 7) is 3.54. The van der Waals surface area contributed by atoms with Crippen LogP contribution in [0, 0.1) is 11.3 Å². The highest BCUT2D eigenvalue weighted by atomic mass is 15.2. The monoisotopic (exact) mass is 293 g/mol. The quantitative estimate of drug-likeness (QED) is 0.923. The van der Waals surface area contributed by atoms with E-state index >= 15 is 0 Å². The number of H-pyrrole nitrogens is 1. The molecule has 3 heterocycles. The van der Waals surface area contributed by atoms with Gasteiger partial charge in [-0.15, -0.1) is 0 Å². The van der Waals surface area contributed by atoms with Crippen molar-refractivity contribution in [2.45, 2.75) is 57.0 Å². The molecule has 4 rings (SSSR count). The average molecular weight is 293 g/mol. The van der Waals surface area contributed by atoms with Gasteiger partial charge in [-0.3, -0.25) is 4.90 Å². The van der Waals surface area contributed by atoms with Crippen LogP contribution in [0.15, 0.2) is 24.3 Å². The summed E-state index contributed by atoms with van der Waals surface area (Å²) in [7, 11) is 0. The van der Waals surface area contributed by atoms with E-state index in [0.717, 1.165) is 28.6 Å². The van der Waals surface area contributed by atoms with Crippen molar-refractivity contribution in [3.63, 3.8) is 0 Å². The van der Waals surface area contributed by atoms with Crippen molar-refractivity contribution in [1.29, 1.82) is 5.26 Å². The molecule has 1 aromatic heterocycles. The summed E-state index contributed by atoms with van der Waals surface area (Å²) in [5.41, 5.74) is 3.23. The molecule has 22 heavy (non-hydrogen) atoms. The van der Waals surface area contributed by atoms with Gasteiger partial charge in [0.05, 0.1) is 11.6 Å². The lowest BCUT2D eigenvalue weighted by Crippen LogP contribution is -2.42. The molecule has 2 atom stereocenters. The van der Waals surface area contributed by atoms with Crippen molar-refractivity contribution in [3.05, 3.63) is 35.5 Å². The van der Waals surface area contributed by atoms with Gasteiger partial charge < -0.3 is 4.98 Å². The van der Waals surface area contributed by atoms with Crippen molar-refractivity contribution >= 4 is 10.9 Å². The maximum Gasteiger partial charge on any atom is 0.0998 e. The van der Waals surface area contributed by atoms with E-state index < -0.39 is 0 Å². The Morgan fingerprint density at radius 1 is 1.27 bits per heavy atom. The van der Waals surface area contributed by atoms with E-state index in [9.17, 15) is 5.26 Å². The first-order valence-electron chi connectivity index (χ1n) is 8.57. The number of nitrogens with zero attached hydrogens (tertiary/aromatic N) is 2. The van der Waals surface area contributed by atoms with Crippen LogP contribution >= 0.6 is 0 Å². The van der Waals surface area contributed by atoms with Crippen molar-refractivity contribution in [3.8, 4) is 6.07 Å². The average Bonchev–Trinajstić information content (AvgIpc) is 3.06. The topological polar surface area (TPSA) is 42.8 Å². The lowest BCUT2D eigenvalue weighted by molar-refractivity contribution is 0.126. The number of rotatable bonds is 3. The van der Waals surface area contributed by atoms with Gasteiger partial charge in [0, 0.05) is 34.6 Å². The van der Waals surface area contributed by atoms with Gasteiger partial charge in [0.25, 0.3) is 0 Å². The number of hydrogen-bond acceptors (Lipinski definition) is 2. The fourth-order valence-corrected chi connectivity index (χ4v) is 4.65. The summed E-state index contributed by atoms with van der Waals surface area (Å²) in [6.07, 6.45) is 6.53. The number of nitrogens with one attached hydrogen (secondary N) is 1. The first kappa shape index (κ1) is 13.8. The molecule has 1 aromatic carbocycles. The molecule has 0 aliphatic carbocycles. The molecular weight excluding hydrogens is 270 g/mol. The number of piperidine rings is 1. The van der Waals surface area contributed by atoms with Gasteiger partial charge >= 0.3 is 0 Å². The maximum atomic E-state index is 9.27. The highest BCUT2D eigenvalue weighted by Gasteiger charge is 2.40. The molecule has 114 valence electrons. The predicted octanol–water partition coefficient (Wildman–Crippen LogP) is 4.16. The minimum absolute atomic E-state index is 0.629. The van der Waals surface area contributed by atoms with Gasteiger partial charge in [0.2, 0.25) is 0 Å². The molecule has 2 aliphatic heterocycles. The second-order valence-corrected chi connectivity index (χ2v) is 6.89. The molecule has 2 aliphatic rings. The Morgan fingerprint density at radius 3 is 2.73 bits per heavy atom. The summed E-state index contributed by atoms with van der Waals surface area (Å²) in [5.74, 6) is 0.629. The Balaban J connectivity index is 1.63. The Morgan fingerprint density at radius 2 is 2.05 bits per heavy atom. The second kappa shape index (κ2) is 5.44. The molecular formula is C19H23N3. The predicted molar refractivity (Wildman–Crippen MR) is 88.8 cm³/mol. The fraction of sp³-hybridized carbons (Fsp3) is 0.526. The number of fused-ring (bicyclic) bond motifs is 3. The Labute approximate surface area is 131 Å². The van der Waals surface area contributed by atoms with Crippen molar-refractivity contribution in [2.24, 2.45) is 0 Å². The van der Waals surface area contributed by atoms with Gasteiger partial charge in [-0.2, -0.15) is 5.26 Å². The largest absolute Gasteiger partial charge is 0.358 e. The van der Waals surface area contributed by atoms with Gasteiger partial charge in [-0.1, -0.05) is 13.0 Å². The van der Waals surface area contributed by atoms with Gasteiger partial charge in [0.15, 0.2) is 0 Å². The minimum atomic E-state index is 0.629. The number of benzene rings is 1. The molecule has 3 nitrogen and oxygen atoms in total. The van der Waals surface area contributed by atoms with E-state index in [2.05, 4.69) is 35.0 Å². The summed E-state index contributed by atoms with van der Waals surface area (Å²) >= 11 is 0. The van der Waals surface area contributed by atoms with Crippen LogP contribution in [0.5, 0.6) is 0 Å². The van der Waals surface area contributed by atoms with Crippen LogP contribution in [0.25, 0.3) is 10.9 Å². The van der Waals surface area contributed by atoms with Crippen LogP contribution < -0.4 is 0 Å². The SMILES string of the molecule is CCCN1C2CCC1CC(c1cc3c(C#N)cccc3[nH]1)C2. The standard InChI is InChI=1S/C19H23N3/c1-2-8-22-15-6-7-16(22)10-14(9-15)19-11-17-13(12-20)4-3-5-18(17)21-19/h3-5,11,14-16,21H,2,6-10H2,1H3. The Hall–Kier alpha value is -1.79. The van der Waals surface area contributed by atoms with Crippen molar-refractivity contribution < 1.29 is 0 Å². The maximum absolute atomic E-state index is 9.27. The van der Waals surface area contributed by atoms with Crippen molar-refractivity contribution in [2.75, 3.05) is 6.54 Å². The molecule has 2 aromatic rings. The van der Waals surface area contributed by atoms with E-state index in [-0.39, 0.29) is 0 Å². The highest BCUT2D eigenvalue weighted by Crippen LogP contribution is 2.43. The minimum Gasteiger partial charge on any atom is -0.358 e. The smallest absolute Gasteiger partial charge is 0.0998 e. The first-order valence-corrected chi connectivity index (χ1v) is 8.57. The number of nitriles is 1. The lowest BCUT2D eigenvalue weighted by atomic mass is 9.88. The number of aromatic nitrogens is 1. The molecule has 2 bridgehead atoms. The lowest BCUT2D eigenvalue weighted by Gasteiger charge is -2.38. The third kappa shape index (κ3) is 2.14. The molecule has 2 saturated heterocycles. The summed E-state index contributed by atoms with van der Waals surface area (Å²) in [4.78, 5) is 6.34. The van der Waals surface area contributed by atoms with Crippen LogP contribution in [0.3, 0.4) is 0 Å². The molecule has 0 radical (unpaired) electrons. The van der Waals surface area contributed by atoms with Gasteiger partial charge in [0.1, 0.15) is 0 Å². The van der Waals surface area contributed by atoms with E-state index in [1.54, 1.807) is 0 Å². The van der Waals surface area contributed by atoms with E-state index in [4.69, 9.17) is 0 Å². The van der Waals surface area contributed by atoms with E-state index in [0.29, 0.717) is 5.92 Å². The molecule has 0 spiro atoms. The second-order valence-electron chi connectivity index (χ2n) is 6.89. The first-order chi connectivity index (χ1) is 10.8. The fourth-order valence-electron chi connectivity index (χ4n) is 4.65. The summed E-state index contributed by atoms with van der Waals surface area (Å²) in [5, 5.41) is 10.4. The van der Waals surface area contributed by atoms with Crippen molar-refractivity contribution in [1.82, 2.24) is 9.88 Å². The third-order valence-corrected chi connectivity index (χ3v) is 5.61. The molecule has 2 fully saturated rings. The molecule has 1 N–H and O–H groups in total. The summed E-state index contributed by atoms with van der Waals surface area (Å²) < 4.78 is 0. The number of hydrogen-bond donors (Lipinski definition) is 1. The third-order valence-electron chi connectivity index (χ3n) is 5.61. The van der Waals surface area contributed by atoms with Gasteiger partial charge in [-0.05, 0) is 56.8 Å². The number of aromatic amines is 1. The molecule has 0 saturated carbocycles. The van der Waals surface area contributed by atoms with Crippen LogP contribution in [0.2, 0.25) is 0 Å². The zero-order valence-corrected chi connectivity index (χ0v) is 13.2. The molecule has 0 amide bonds. The van der Waals surface area contributed by atoms with Gasteiger partial charge in [-0.25, -0.2) is 0 Å². The Bertz CT molecular complexity index is 710. The zero-order valence-electron chi connectivity index (χ0n) is 13.2.